The van der Waals surface area contributed by atoms with E-state index in [0.717, 1.165) is 16.2 Å². The molecular weight excluding hydrogens is 218 g/mol. The van der Waals surface area contributed by atoms with Crippen molar-refractivity contribution in [3.8, 4) is 22.3 Å². The highest BCUT2D eigenvalue weighted by Crippen LogP contribution is 2.33. The highest BCUT2D eigenvalue weighted by molar-refractivity contribution is 7.13. The maximum Gasteiger partial charge on any atom is 0.181 e. The third-order valence-corrected chi connectivity index (χ3v) is 3.06. The molecule has 0 aliphatic carbocycles. The standard InChI is InChI=1S/C13H11NOS/c1-10(9-14)15-12-6-3-2-5-11(12)13-7-4-8-16-13/h2-8,10H,1H3/t10-/m1/s1. The van der Waals surface area contributed by atoms with Crippen molar-refractivity contribution in [1.29, 1.82) is 5.26 Å². The molecule has 0 saturated heterocycles. The van der Waals surface area contributed by atoms with Gasteiger partial charge in [-0.3, -0.25) is 0 Å². The van der Waals surface area contributed by atoms with Gasteiger partial charge in [0, 0.05) is 10.4 Å². The van der Waals surface area contributed by atoms with Gasteiger partial charge in [0.1, 0.15) is 11.8 Å². The van der Waals surface area contributed by atoms with Gasteiger partial charge in [-0.2, -0.15) is 5.26 Å². The lowest BCUT2D eigenvalue weighted by atomic mass is 10.1. The smallest absolute Gasteiger partial charge is 0.181 e. The highest BCUT2D eigenvalue weighted by atomic mass is 32.1. The monoisotopic (exact) mass is 229 g/mol. The highest BCUT2D eigenvalue weighted by Gasteiger charge is 2.09. The number of nitrogens with zero attached hydrogens (tertiary/aromatic N) is 1. The van der Waals surface area contributed by atoms with Crippen LogP contribution in [0.5, 0.6) is 5.75 Å². The van der Waals surface area contributed by atoms with E-state index in [4.69, 9.17) is 10.00 Å². The predicted molar refractivity (Wildman–Crippen MR) is 65.5 cm³/mol. The second-order valence-electron chi connectivity index (χ2n) is 3.36. The lowest BCUT2D eigenvalue weighted by Crippen LogP contribution is -2.08. The van der Waals surface area contributed by atoms with Crippen molar-refractivity contribution in [3.63, 3.8) is 0 Å². The number of ether oxygens (including phenoxy) is 1. The molecule has 2 aromatic rings. The minimum Gasteiger partial charge on any atom is -0.475 e. The number of hydrogen-bond acceptors (Lipinski definition) is 3. The summed E-state index contributed by atoms with van der Waals surface area (Å²) >= 11 is 1.66. The Morgan fingerprint density at radius 1 is 1.25 bits per heavy atom. The van der Waals surface area contributed by atoms with Crippen LogP contribution in [-0.2, 0) is 0 Å². The largest absolute Gasteiger partial charge is 0.475 e. The Morgan fingerprint density at radius 3 is 2.75 bits per heavy atom. The van der Waals surface area contributed by atoms with Gasteiger partial charge in [-0.25, -0.2) is 0 Å². The van der Waals surface area contributed by atoms with Gasteiger partial charge in [0.05, 0.1) is 0 Å². The minimum atomic E-state index is -0.430. The second kappa shape index (κ2) is 4.82. The first-order chi connectivity index (χ1) is 7.81. The molecule has 0 amide bonds. The molecule has 0 radical (unpaired) electrons. The Morgan fingerprint density at radius 2 is 2.06 bits per heavy atom. The van der Waals surface area contributed by atoms with E-state index in [2.05, 4.69) is 6.07 Å². The van der Waals surface area contributed by atoms with Gasteiger partial charge in [-0.1, -0.05) is 18.2 Å². The molecule has 0 aliphatic heterocycles. The van der Waals surface area contributed by atoms with Crippen LogP contribution in [0, 0.1) is 11.3 Å². The maximum atomic E-state index is 8.75. The Bertz CT molecular complexity index is 499. The van der Waals surface area contributed by atoms with Gasteiger partial charge in [0.25, 0.3) is 0 Å². The number of thiophene rings is 1. The summed E-state index contributed by atoms with van der Waals surface area (Å²) in [7, 11) is 0. The lowest BCUT2D eigenvalue weighted by molar-refractivity contribution is 0.278. The second-order valence-corrected chi connectivity index (χ2v) is 4.31. The normalized spacial score (nSPS) is 11.8. The molecule has 0 fully saturated rings. The molecule has 2 nitrogen and oxygen atoms in total. The van der Waals surface area contributed by atoms with E-state index in [1.807, 2.05) is 41.8 Å². The van der Waals surface area contributed by atoms with Crippen LogP contribution in [0.2, 0.25) is 0 Å². The van der Waals surface area contributed by atoms with Crippen molar-refractivity contribution in [3.05, 3.63) is 41.8 Å². The molecule has 0 saturated carbocycles. The Hall–Kier alpha value is -1.79. The van der Waals surface area contributed by atoms with E-state index in [1.54, 1.807) is 18.3 Å². The fourth-order valence-corrected chi connectivity index (χ4v) is 2.18. The summed E-state index contributed by atoms with van der Waals surface area (Å²) in [6.45, 7) is 1.74. The zero-order valence-corrected chi connectivity index (χ0v) is 9.70. The van der Waals surface area contributed by atoms with Crippen molar-refractivity contribution in [2.75, 3.05) is 0 Å². The summed E-state index contributed by atoms with van der Waals surface area (Å²) in [6, 6.07) is 13.9. The summed E-state index contributed by atoms with van der Waals surface area (Å²) < 4.78 is 5.56. The fraction of sp³-hybridized carbons (Fsp3) is 0.154. The van der Waals surface area contributed by atoms with Crippen molar-refractivity contribution in [2.24, 2.45) is 0 Å². The van der Waals surface area contributed by atoms with E-state index >= 15 is 0 Å². The topological polar surface area (TPSA) is 33.0 Å². The maximum absolute atomic E-state index is 8.75. The quantitative estimate of drug-likeness (QED) is 0.803. The van der Waals surface area contributed by atoms with Gasteiger partial charge in [-0.15, -0.1) is 11.3 Å². The van der Waals surface area contributed by atoms with Crippen LogP contribution in [0.1, 0.15) is 6.92 Å². The molecule has 2 rings (SSSR count). The first-order valence-electron chi connectivity index (χ1n) is 5.00. The minimum absolute atomic E-state index is 0.430. The zero-order valence-electron chi connectivity index (χ0n) is 8.88. The lowest BCUT2D eigenvalue weighted by Gasteiger charge is -2.11. The number of hydrogen-bond donors (Lipinski definition) is 0. The van der Waals surface area contributed by atoms with E-state index < -0.39 is 6.10 Å². The van der Waals surface area contributed by atoms with E-state index in [0.29, 0.717) is 0 Å². The molecule has 0 bridgehead atoms. The molecule has 3 heteroatoms. The first-order valence-corrected chi connectivity index (χ1v) is 5.88. The van der Waals surface area contributed by atoms with Crippen molar-refractivity contribution in [2.45, 2.75) is 13.0 Å². The number of benzene rings is 1. The Labute approximate surface area is 98.7 Å². The van der Waals surface area contributed by atoms with Crippen molar-refractivity contribution < 1.29 is 4.74 Å². The number of rotatable bonds is 3. The molecular formula is C13H11NOS. The zero-order chi connectivity index (χ0) is 11.4. The van der Waals surface area contributed by atoms with Crippen LogP contribution in [0.4, 0.5) is 0 Å². The summed E-state index contributed by atoms with van der Waals surface area (Å²) in [5.74, 6) is 0.763. The third kappa shape index (κ3) is 2.23. The van der Waals surface area contributed by atoms with Crippen molar-refractivity contribution >= 4 is 11.3 Å². The third-order valence-electron chi connectivity index (χ3n) is 2.16. The molecule has 0 unspecified atom stereocenters. The average Bonchev–Trinajstić information content (AvgIpc) is 2.83. The molecule has 1 heterocycles. The van der Waals surface area contributed by atoms with Gasteiger partial charge in [-0.05, 0) is 30.5 Å². The average molecular weight is 229 g/mol. The molecule has 1 atom stereocenters. The van der Waals surface area contributed by atoms with Crippen LogP contribution in [0.15, 0.2) is 41.8 Å². The molecule has 0 spiro atoms. The molecule has 0 N–H and O–H groups in total. The van der Waals surface area contributed by atoms with Crippen LogP contribution in [-0.4, -0.2) is 6.10 Å². The van der Waals surface area contributed by atoms with Crippen LogP contribution in [0.3, 0.4) is 0 Å². The molecule has 16 heavy (non-hydrogen) atoms. The van der Waals surface area contributed by atoms with Crippen LogP contribution < -0.4 is 4.74 Å². The first kappa shape index (κ1) is 10.7. The predicted octanol–water partition coefficient (Wildman–Crippen LogP) is 3.71. The van der Waals surface area contributed by atoms with Crippen molar-refractivity contribution in [1.82, 2.24) is 0 Å². The summed E-state index contributed by atoms with van der Waals surface area (Å²) in [5, 5.41) is 10.8. The van der Waals surface area contributed by atoms with Gasteiger partial charge < -0.3 is 4.74 Å². The van der Waals surface area contributed by atoms with E-state index in [-0.39, 0.29) is 0 Å². The van der Waals surface area contributed by atoms with Gasteiger partial charge >= 0.3 is 0 Å². The molecule has 0 aliphatic rings. The fourth-order valence-electron chi connectivity index (χ4n) is 1.42. The van der Waals surface area contributed by atoms with Crippen LogP contribution >= 0.6 is 11.3 Å². The molecule has 80 valence electrons. The molecule has 1 aromatic carbocycles. The summed E-state index contributed by atoms with van der Waals surface area (Å²) in [5.41, 5.74) is 1.04. The van der Waals surface area contributed by atoms with Gasteiger partial charge in [0.2, 0.25) is 0 Å². The molecule has 1 aromatic heterocycles. The Balaban J connectivity index is 2.36. The summed E-state index contributed by atoms with van der Waals surface area (Å²) in [4.78, 5) is 1.15. The van der Waals surface area contributed by atoms with Crippen LogP contribution in [0.25, 0.3) is 10.4 Å². The Kier molecular flexibility index (Phi) is 3.23. The van der Waals surface area contributed by atoms with Gasteiger partial charge in [0.15, 0.2) is 6.10 Å². The van der Waals surface area contributed by atoms with E-state index in [9.17, 15) is 0 Å². The summed E-state index contributed by atoms with van der Waals surface area (Å²) in [6.07, 6.45) is -0.430. The van der Waals surface area contributed by atoms with E-state index in [1.165, 1.54) is 0 Å². The SMILES string of the molecule is C[C@H](C#N)Oc1ccccc1-c1cccs1. The number of para-hydroxylation sites is 1. The number of nitriles is 1.